The molecule has 2 aromatic rings. The Morgan fingerprint density at radius 2 is 1.92 bits per heavy atom. The second kappa shape index (κ2) is 11.0. The Bertz CT molecular complexity index is 638. The Labute approximate surface area is 162 Å². The first-order valence-electron chi connectivity index (χ1n) is 8.16. The second-order valence-corrected chi connectivity index (χ2v) is 5.67. The Morgan fingerprint density at radius 3 is 2.58 bits per heavy atom. The number of pyridine rings is 1. The molecule has 0 aliphatic carbocycles. The molecule has 2 rings (SSSR count). The predicted octanol–water partition coefficient (Wildman–Crippen LogP) is 3.61. The van der Waals surface area contributed by atoms with Crippen molar-refractivity contribution in [1.82, 2.24) is 15.6 Å². The van der Waals surface area contributed by atoms with E-state index in [0.717, 1.165) is 31.2 Å². The highest BCUT2D eigenvalue weighted by atomic mass is 127. The van der Waals surface area contributed by atoms with Gasteiger partial charge in [-0.05, 0) is 44.4 Å². The van der Waals surface area contributed by atoms with Gasteiger partial charge >= 0.3 is 0 Å². The monoisotopic (exact) mass is 438 g/mol. The van der Waals surface area contributed by atoms with Crippen molar-refractivity contribution >= 4 is 29.9 Å². The SMILES string of the molecule is CCNC(=NCc1cccc(C)c1)NCCc1ccc(C)nc1.I. The van der Waals surface area contributed by atoms with Gasteiger partial charge in [0, 0.05) is 25.0 Å². The normalized spacial score (nSPS) is 10.9. The van der Waals surface area contributed by atoms with E-state index in [-0.39, 0.29) is 24.0 Å². The number of benzene rings is 1. The van der Waals surface area contributed by atoms with Gasteiger partial charge in [-0.25, -0.2) is 4.99 Å². The molecule has 0 amide bonds. The molecule has 0 atom stereocenters. The van der Waals surface area contributed by atoms with Crippen molar-refractivity contribution in [3.05, 3.63) is 65.0 Å². The van der Waals surface area contributed by atoms with E-state index in [1.807, 2.05) is 19.2 Å². The molecule has 2 N–H and O–H groups in total. The lowest BCUT2D eigenvalue weighted by Gasteiger charge is -2.11. The van der Waals surface area contributed by atoms with E-state index in [4.69, 9.17) is 0 Å². The molecule has 1 aromatic carbocycles. The van der Waals surface area contributed by atoms with Gasteiger partial charge in [0.25, 0.3) is 0 Å². The van der Waals surface area contributed by atoms with Crippen LogP contribution in [0.15, 0.2) is 47.6 Å². The van der Waals surface area contributed by atoms with Crippen LogP contribution in [-0.2, 0) is 13.0 Å². The summed E-state index contributed by atoms with van der Waals surface area (Å²) in [5.74, 6) is 0.856. The first kappa shape index (κ1) is 20.4. The fourth-order valence-corrected chi connectivity index (χ4v) is 2.29. The Hall–Kier alpha value is -1.63. The zero-order chi connectivity index (χ0) is 16.5. The number of halogens is 1. The molecule has 0 bridgehead atoms. The van der Waals surface area contributed by atoms with Crippen molar-refractivity contribution in [2.45, 2.75) is 33.7 Å². The molecule has 0 radical (unpaired) electrons. The zero-order valence-electron chi connectivity index (χ0n) is 14.7. The van der Waals surface area contributed by atoms with E-state index >= 15 is 0 Å². The van der Waals surface area contributed by atoms with Crippen molar-refractivity contribution in [2.75, 3.05) is 13.1 Å². The summed E-state index contributed by atoms with van der Waals surface area (Å²) >= 11 is 0. The van der Waals surface area contributed by atoms with E-state index in [2.05, 4.69) is 64.8 Å². The molecular weight excluding hydrogens is 411 g/mol. The maximum Gasteiger partial charge on any atom is 0.191 e. The molecular formula is C19H27IN4. The molecule has 0 aliphatic heterocycles. The van der Waals surface area contributed by atoms with Gasteiger partial charge in [0.05, 0.1) is 6.54 Å². The highest BCUT2D eigenvalue weighted by molar-refractivity contribution is 14.0. The van der Waals surface area contributed by atoms with Crippen molar-refractivity contribution in [3.8, 4) is 0 Å². The minimum Gasteiger partial charge on any atom is -0.357 e. The van der Waals surface area contributed by atoms with E-state index in [9.17, 15) is 0 Å². The first-order chi connectivity index (χ1) is 11.2. The van der Waals surface area contributed by atoms with Crippen molar-refractivity contribution in [2.24, 2.45) is 4.99 Å². The van der Waals surface area contributed by atoms with Crippen LogP contribution in [0.3, 0.4) is 0 Å². The van der Waals surface area contributed by atoms with Crippen molar-refractivity contribution in [3.63, 3.8) is 0 Å². The predicted molar refractivity (Wildman–Crippen MR) is 112 cm³/mol. The third-order valence-electron chi connectivity index (χ3n) is 3.53. The maximum absolute atomic E-state index is 4.65. The molecule has 24 heavy (non-hydrogen) atoms. The van der Waals surface area contributed by atoms with Crippen LogP contribution in [0.5, 0.6) is 0 Å². The van der Waals surface area contributed by atoms with Gasteiger partial charge in [-0.15, -0.1) is 24.0 Å². The second-order valence-electron chi connectivity index (χ2n) is 5.67. The van der Waals surface area contributed by atoms with Gasteiger partial charge < -0.3 is 10.6 Å². The molecule has 1 heterocycles. The summed E-state index contributed by atoms with van der Waals surface area (Å²) in [4.78, 5) is 8.97. The van der Waals surface area contributed by atoms with Crippen LogP contribution in [0.25, 0.3) is 0 Å². The minimum absolute atomic E-state index is 0. The summed E-state index contributed by atoms with van der Waals surface area (Å²) in [6.45, 7) is 8.56. The molecule has 0 fully saturated rings. The number of hydrogen-bond donors (Lipinski definition) is 2. The van der Waals surface area contributed by atoms with Crippen LogP contribution in [0.1, 0.15) is 29.3 Å². The smallest absolute Gasteiger partial charge is 0.191 e. The Morgan fingerprint density at radius 1 is 1.08 bits per heavy atom. The van der Waals surface area contributed by atoms with Crippen molar-refractivity contribution < 1.29 is 0 Å². The van der Waals surface area contributed by atoms with Gasteiger partial charge in [0.15, 0.2) is 5.96 Å². The summed E-state index contributed by atoms with van der Waals surface area (Å²) in [5, 5.41) is 6.67. The van der Waals surface area contributed by atoms with Crippen LogP contribution >= 0.6 is 24.0 Å². The van der Waals surface area contributed by atoms with E-state index in [1.165, 1.54) is 16.7 Å². The molecule has 130 valence electrons. The summed E-state index contributed by atoms with van der Waals surface area (Å²) < 4.78 is 0. The molecule has 0 saturated carbocycles. The number of guanidine groups is 1. The van der Waals surface area contributed by atoms with Crippen LogP contribution in [0, 0.1) is 13.8 Å². The number of hydrogen-bond acceptors (Lipinski definition) is 2. The van der Waals surface area contributed by atoms with Gasteiger partial charge in [-0.3, -0.25) is 4.98 Å². The quantitative estimate of drug-likeness (QED) is 0.412. The number of nitrogens with zero attached hydrogens (tertiary/aromatic N) is 2. The molecule has 1 aromatic heterocycles. The topological polar surface area (TPSA) is 49.3 Å². The van der Waals surface area contributed by atoms with Crippen LogP contribution in [0.4, 0.5) is 0 Å². The molecule has 0 spiro atoms. The Kier molecular flexibility index (Phi) is 9.37. The maximum atomic E-state index is 4.65. The van der Waals surface area contributed by atoms with Gasteiger partial charge in [-0.1, -0.05) is 35.9 Å². The Balaban J connectivity index is 0.00000288. The number of aliphatic imine (C=N–C) groups is 1. The van der Waals surface area contributed by atoms with Crippen LogP contribution in [-0.4, -0.2) is 24.0 Å². The molecule has 5 heteroatoms. The van der Waals surface area contributed by atoms with Crippen molar-refractivity contribution in [1.29, 1.82) is 0 Å². The van der Waals surface area contributed by atoms with E-state index < -0.39 is 0 Å². The van der Waals surface area contributed by atoms with Gasteiger partial charge in [-0.2, -0.15) is 0 Å². The molecule has 4 nitrogen and oxygen atoms in total. The number of nitrogens with one attached hydrogen (secondary N) is 2. The van der Waals surface area contributed by atoms with E-state index in [1.54, 1.807) is 0 Å². The van der Waals surface area contributed by atoms with Gasteiger partial charge in [0.1, 0.15) is 0 Å². The lowest BCUT2D eigenvalue weighted by atomic mass is 10.1. The third kappa shape index (κ3) is 7.29. The first-order valence-corrected chi connectivity index (χ1v) is 8.16. The average molecular weight is 438 g/mol. The summed E-state index contributed by atoms with van der Waals surface area (Å²) in [6, 6.07) is 12.6. The molecule has 0 aliphatic rings. The lowest BCUT2D eigenvalue weighted by molar-refractivity contribution is 0.797. The lowest BCUT2D eigenvalue weighted by Crippen LogP contribution is -2.38. The van der Waals surface area contributed by atoms with Crippen LogP contribution < -0.4 is 10.6 Å². The number of aromatic nitrogens is 1. The zero-order valence-corrected chi connectivity index (χ0v) is 17.0. The fourth-order valence-electron chi connectivity index (χ4n) is 2.29. The fraction of sp³-hybridized carbons (Fsp3) is 0.368. The molecule has 0 unspecified atom stereocenters. The highest BCUT2D eigenvalue weighted by Gasteiger charge is 1.99. The van der Waals surface area contributed by atoms with Gasteiger partial charge in [0.2, 0.25) is 0 Å². The molecule has 0 saturated heterocycles. The minimum atomic E-state index is 0. The number of aryl methyl sites for hydroxylation is 2. The largest absolute Gasteiger partial charge is 0.357 e. The van der Waals surface area contributed by atoms with Crippen LogP contribution in [0.2, 0.25) is 0 Å². The summed E-state index contributed by atoms with van der Waals surface area (Å²) in [7, 11) is 0. The average Bonchev–Trinajstić information content (AvgIpc) is 2.54. The third-order valence-corrected chi connectivity index (χ3v) is 3.53. The van der Waals surface area contributed by atoms with E-state index in [0.29, 0.717) is 6.54 Å². The summed E-state index contributed by atoms with van der Waals surface area (Å²) in [6.07, 6.45) is 2.87. The number of rotatable bonds is 6. The highest BCUT2D eigenvalue weighted by Crippen LogP contribution is 2.05. The summed E-state index contributed by atoms with van der Waals surface area (Å²) in [5.41, 5.74) is 4.78. The standard InChI is InChI=1S/C19H26N4.HI/c1-4-20-19(23-14-18-7-5-6-15(2)12-18)21-11-10-17-9-8-16(3)22-13-17;/h5-9,12-13H,4,10-11,14H2,1-3H3,(H2,20,21,23);1H.